The van der Waals surface area contributed by atoms with Crippen molar-refractivity contribution in [3.05, 3.63) is 78.4 Å². The van der Waals surface area contributed by atoms with Crippen molar-refractivity contribution in [2.24, 2.45) is 5.92 Å². The molecular weight excluding hydrogens is 663 g/mol. The van der Waals surface area contributed by atoms with Crippen LogP contribution in [0.15, 0.2) is 41.4 Å². The number of halogens is 5. The van der Waals surface area contributed by atoms with E-state index in [4.69, 9.17) is 57.1 Å². The number of piperazine rings is 1. The van der Waals surface area contributed by atoms with E-state index in [1.165, 1.54) is 10.6 Å². The van der Waals surface area contributed by atoms with Gasteiger partial charge in [0, 0.05) is 37.1 Å². The molecule has 9 nitrogen and oxygen atoms in total. The molecule has 2 aliphatic heterocycles. The van der Waals surface area contributed by atoms with Crippen molar-refractivity contribution >= 4 is 80.4 Å². The summed E-state index contributed by atoms with van der Waals surface area (Å²) in [6.45, 7) is 10.8. The Balaban J connectivity index is 1.90. The number of hydrogen-bond donors (Lipinski definition) is 2. The number of amides is 1. The molecule has 0 bridgehead atoms. The number of pyridine rings is 2. The molecule has 5 rings (SSSR count). The first-order chi connectivity index (χ1) is 21.3. The Morgan fingerprint density at radius 1 is 1.20 bits per heavy atom. The molecule has 1 fully saturated rings. The maximum atomic E-state index is 14.7. The van der Waals surface area contributed by atoms with Gasteiger partial charge < -0.3 is 20.9 Å². The number of fused-ring (bicyclic) bond motifs is 1. The third kappa shape index (κ3) is 5.42. The van der Waals surface area contributed by atoms with Gasteiger partial charge in [-0.3, -0.25) is 14.2 Å². The third-order valence-electron chi connectivity index (χ3n) is 8.03. The van der Waals surface area contributed by atoms with Gasteiger partial charge in [-0.05, 0) is 42.8 Å². The van der Waals surface area contributed by atoms with Crippen molar-refractivity contribution in [3.63, 3.8) is 0 Å². The zero-order valence-corrected chi connectivity index (χ0v) is 27.5. The quantitative estimate of drug-likeness (QED) is 0.136. The number of dihydropyridines is 1. The van der Waals surface area contributed by atoms with Crippen molar-refractivity contribution < 1.29 is 9.18 Å². The van der Waals surface area contributed by atoms with Gasteiger partial charge in [0.05, 0.1) is 43.9 Å². The average Bonchev–Trinajstić information content (AvgIpc) is 3.02. The molecule has 0 saturated carbocycles. The normalized spacial score (nSPS) is 16.8. The Hall–Kier alpha value is -3.75. The highest BCUT2D eigenvalue weighted by Crippen LogP contribution is 2.47. The first kappa shape index (κ1) is 32.6. The van der Waals surface area contributed by atoms with Gasteiger partial charge in [-0.15, -0.1) is 0 Å². The molecule has 2 aromatic heterocycles. The Kier molecular flexibility index (Phi) is 9.11. The SMILES string of the molecule is C=CC(=O)N1CCN(c2c(C#N)c(=O)n(C3=C(C)C=CN[C@@H]3C(C)C)c3nc(-c4c(N)c(Cl)c(F)c(Cl)c4Cl)c(Cl)cc23)CC1. The Morgan fingerprint density at radius 2 is 1.87 bits per heavy atom. The van der Waals surface area contributed by atoms with Crippen molar-refractivity contribution in [2.75, 3.05) is 36.8 Å². The van der Waals surface area contributed by atoms with Crippen LogP contribution in [0.25, 0.3) is 28.0 Å². The molecular formula is C31H28Cl4FN7O2. The number of nitrogens with zero attached hydrogens (tertiary/aromatic N) is 5. The van der Waals surface area contributed by atoms with Crippen molar-refractivity contribution in [1.82, 2.24) is 19.8 Å². The second kappa shape index (κ2) is 12.6. The fraction of sp³-hybridized carbons (Fsp3) is 0.290. The van der Waals surface area contributed by atoms with Gasteiger partial charge in [-0.1, -0.05) is 66.8 Å². The minimum absolute atomic E-state index is 0.00537. The standard InChI is InChI=1S/C31H28Cl4FN7O2/c1-5-19(44)41-8-10-42(11-9-41)29-16-12-18(32)27(20-21(33)22(34)24(36)23(35)25(20)38)40-30(16)43(31(45)17(29)13-37)28-15(4)6-7-39-26(28)14(2)3/h5-7,12,14,26,39H,1,8-11,38H2,2-4H3/t26-/m1/s1. The van der Waals surface area contributed by atoms with Gasteiger partial charge in [0.15, 0.2) is 5.82 Å². The van der Waals surface area contributed by atoms with Crippen LogP contribution >= 0.6 is 46.4 Å². The summed E-state index contributed by atoms with van der Waals surface area (Å²) in [5.41, 5.74) is 7.13. The summed E-state index contributed by atoms with van der Waals surface area (Å²) in [7, 11) is 0. The number of carbonyl (C=O) groups excluding carboxylic acids is 1. The van der Waals surface area contributed by atoms with E-state index in [9.17, 15) is 19.2 Å². The number of nitrogen functional groups attached to an aromatic ring is 1. The van der Waals surface area contributed by atoms with E-state index in [-0.39, 0.29) is 56.1 Å². The van der Waals surface area contributed by atoms with E-state index < -0.39 is 21.4 Å². The fourth-order valence-corrected chi connectivity index (χ4v) is 6.71. The molecule has 14 heteroatoms. The highest BCUT2D eigenvalue weighted by molar-refractivity contribution is 6.47. The molecule has 0 unspecified atom stereocenters. The van der Waals surface area contributed by atoms with Crippen LogP contribution in [0.5, 0.6) is 0 Å². The largest absolute Gasteiger partial charge is 0.397 e. The van der Waals surface area contributed by atoms with Crippen LogP contribution in [-0.4, -0.2) is 52.6 Å². The first-order valence-corrected chi connectivity index (χ1v) is 15.5. The van der Waals surface area contributed by atoms with E-state index in [1.807, 2.05) is 31.7 Å². The summed E-state index contributed by atoms with van der Waals surface area (Å²) in [5.74, 6) is -1.18. The monoisotopic (exact) mass is 689 g/mol. The molecule has 0 spiro atoms. The minimum Gasteiger partial charge on any atom is -0.397 e. The first-order valence-electron chi connectivity index (χ1n) is 13.9. The van der Waals surface area contributed by atoms with E-state index in [2.05, 4.69) is 18.0 Å². The fourth-order valence-electron chi connectivity index (χ4n) is 5.77. The molecule has 1 atom stereocenters. The van der Waals surface area contributed by atoms with E-state index in [0.29, 0.717) is 42.9 Å². The maximum absolute atomic E-state index is 14.7. The molecule has 3 N–H and O–H groups in total. The smallest absolute Gasteiger partial charge is 0.276 e. The van der Waals surface area contributed by atoms with Crippen molar-refractivity contribution in [2.45, 2.75) is 26.8 Å². The molecule has 2 aliphatic rings. The number of anilines is 2. The van der Waals surface area contributed by atoms with Crippen molar-refractivity contribution in [1.29, 1.82) is 5.26 Å². The molecule has 1 saturated heterocycles. The van der Waals surface area contributed by atoms with Gasteiger partial charge in [0.25, 0.3) is 5.56 Å². The van der Waals surface area contributed by atoms with Crippen LogP contribution in [0.3, 0.4) is 0 Å². The lowest BCUT2D eigenvalue weighted by atomic mass is 9.94. The van der Waals surface area contributed by atoms with E-state index in [0.717, 1.165) is 5.57 Å². The summed E-state index contributed by atoms with van der Waals surface area (Å²) < 4.78 is 16.1. The molecule has 1 aromatic carbocycles. The topological polar surface area (TPSA) is 120 Å². The lowest BCUT2D eigenvalue weighted by Gasteiger charge is -2.37. The third-order valence-corrected chi connectivity index (χ3v) is 9.51. The van der Waals surface area contributed by atoms with Gasteiger partial charge >= 0.3 is 0 Å². The Labute approximate surface area is 278 Å². The van der Waals surface area contributed by atoms with Gasteiger partial charge in [-0.25, -0.2) is 9.37 Å². The van der Waals surface area contributed by atoms with Crippen LogP contribution in [0.2, 0.25) is 20.1 Å². The number of benzene rings is 1. The Bertz CT molecular complexity index is 1910. The number of allylic oxidation sites excluding steroid dienone is 2. The number of nitrogens with two attached hydrogens (primary N) is 1. The lowest BCUT2D eigenvalue weighted by Crippen LogP contribution is -2.49. The molecule has 0 radical (unpaired) electrons. The summed E-state index contributed by atoms with van der Waals surface area (Å²) in [4.78, 5) is 35.1. The highest BCUT2D eigenvalue weighted by Gasteiger charge is 2.32. The average molecular weight is 691 g/mol. The minimum atomic E-state index is -0.992. The summed E-state index contributed by atoms with van der Waals surface area (Å²) in [5, 5.41) is 13.0. The molecule has 0 aliphatic carbocycles. The van der Waals surface area contributed by atoms with Crippen LogP contribution in [0, 0.1) is 23.1 Å². The molecule has 4 heterocycles. The summed E-state index contributed by atoms with van der Waals surface area (Å²) in [6.07, 6.45) is 4.88. The molecule has 45 heavy (non-hydrogen) atoms. The maximum Gasteiger partial charge on any atom is 0.276 e. The number of rotatable bonds is 5. The van der Waals surface area contributed by atoms with E-state index >= 15 is 0 Å². The number of carbonyl (C=O) groups is 1. The van der Waals surface area contributed by atoms with Gasteiger partial charge in [0.1, 0.15) is 22.3 Å². The predicted octanol–water partition coefficient (Wildman–Crippen LogP) is 6.48. The summed E-state index contributed by atoms with van der Waals surface area (Å²) in [6, 6.07) is 3.36. The van der Waals surface area contributed by atoms with Crippen LogP contribution < -0.4 is 21.5 Å². The number of nitriles is 1. The highest BCUT2D eigenvalue weighted by atomic mass is 35.5. The van der Waals surface area contributed by atoms with Crippen LogP contribution in [-0.2, 0) is 4.79 Å². The predicted molar refractivity (Wildman–Crippen MR) is 179 cm³/mol. The van der Waals surface area contributed by atoms with Gasteiger partial charge in [-0.2, -0.15) is 5.26 Å². The molecule has 234 valence electrons. The zero-order valence-electron chi connectivity index (χ0n) is 24.5. The zero-order chi connectivity index (χ0) is 32.9. The van der Waals surface area contributed by atoms with Crippen molar-refractivity contribution in [3.8, 4) is 17.3 Å². The Morgan fingerprint density at radius 3 is 2.47 bits per heavy atom. The number of aromatic nitrogens is 2. The number of hydrogen-bond acceptors (Lipinski definition) is 7. The second-order valence-electron chi connectivity index (χ2n) is 11.0. The summed E-state index contributed by atoms with van der Waals surface area (Å²) >= 11 is 25.7. The van der Waals surface area contributed by atoms with Crippen LogP contribution in [0.1, 0.15) is 26.3 Å². The molecule has 3 aromatic rings. The van der Waals surface area contributed by atoms with Crippen LogP contribution in [0.4, 0.5) is 15.8 Å². The van der Waals surface area contributed by atoms with Gasteiger partial charge in [0.2, 0.25) is 5.91 Å². The second-order valence-corrected chi connectivity index (χ2v) is 12.6. The molecule has 1 amide bonds. The number of nitrogens with one attached hydrogen (secondary N) is 1. The lowest BCUT2D eigenvalue weighted by molar-refractivity contribution is -0.126. The van der Waals surface area contributed by atoms with E-state index in [1.54, 1.807) is 17.2 Å².